The maximum Gasteiger partial charge on any atom is 0.313 e. The maximum atomic E-state index is 10.6. The van der Waals surface area contributed by atoms with Gasteiger partial charge in [0.1, 0.15) is 5.82 Å². The van der Waals surface area contributed by atoms with Crippen molar-refractivity contribution in [1.82, 2.24) is 24.5 Å². The van der Waals surface area contributed by atoms with Gasteiger partial charge in [-0.25, -0.2) is 0 Å². The SMILES string of the molecule is Cc1nnc(SCC(=O)O)n1-c1ccn(C(C)C)n1. The highest BCUT2D eigenvalue weighted by Gasteiger charge is 2.15. The van der Waals surface area contributed by atoms with Gasteiger partial charge in [0.25, 0.3) is 0 Å². The van der Waals surface area contributed by atoms with Crippen molar-refractivity contribution in [3.63, 3.8) is 0 Å². The number of aryl methyl sites for hydroxylation is 1. The van der Waals surface area contributed by atoms with E-state index >= 15 is 0 Å². The van der Waals surface area contributed by atoms with Crippen molar-refractivity contribution in [1.29, 1.82) is 0 Å². The van der Waals surface area contributed by atoms with Crippen LogP contribution < -0.4 is 0 Å². The van der Waals surface area contributed by atoms with E-state index < -0.39 is 5.97 Å². The predicted octanol–water partition coefficient (Wildman–Crippen LogP) is 1.53. The fourth-order valence-corrected chi connectivity index (χ4v) is 2.27. The lowest BCUT2D eigenvalue weighted by Gasteiger charge is -2.06. The fraction of sp³-hybridized carbons (Fsp3) is 0.455. The molecule has 0 saturated carbocycles. The Balaban J connectivity index is 2.31. The molecule has 0 aromatic carbocycles. The molecule has 0 spiro atoms. The van der Waals surface area contributed by atoms with Crippen LogP contribution in [-0.2, 0) is 4.79 Å². The number of carboxylic acid groups (broad SMARTS) is 1. The van der Waals surface area contributed by atoms with E-state index in [1.165, 1.54) is 0 Å². The number of hydrogen-bond acceptors (Lipinski definition) is 5. The quantitative estimate of drug-likeness (QED) is 0.836. The Morgan fingerprint density at radius 1 is 1.47 bits per heavy atom. The highest BCUT2D eigenvalue weighted by Crippen LogP contribution is 2.21. The first-order chi connectivity index (χ1) is 8.99. The van der Waals surface area contributed by atoms with Crippen LogP contribution in [0.4, 0.5) is 0 Å². The summed E-state index contributed by atoms with van der Waals surface area (Å²) in [5.74, 6) is 0.444. The molecule has 1 N–H and O–H groups in total. The minimum absolute atomic E-state index is 0.0526. The van der Waals surface area contributed by atoms with Gasteiger partial charge in [0.05, 0.1) is 5.75 Å². The topological polar surface area (TPSA) is 85.8 Å². The number of aliphatic carboxylic acids is 1. The number of aromatic nitrogens is 5. The van der Waals surface area contributed by atoms with Crippen LogP contribution in [0.1, 0.15) is 25.7 Å². The third-order valence-electron chi connectivity index (χ3n) is 2.47. The summed E-state index contributed by atoms with van der Waals surface area (Å²) in [6.07, 6.45) is 1.88. The predicted molar refractivity (Wildman–Crippen MR) is 70.6 cm³/mol. The molecule has 0 saturated heterocycles. The molecule has 8 heteroatoms. The van der Waals surface area contributed by atoms with Gasteiger partial charge in [-0.3, -0.25) is 14.0 Å². The Morgan fingerprint density at radius 3 is 2.79 bits per heavy atom. The van der Waals surface area contributed by atoms with E-state index in [1.54, 1.807) is 4.57 Å². The normalized spacial score (nSPS) is 11.2. The monoisotopic (exact) mass is 281 g/mol. The number of carboxylic acids is 1. The summed E-state index contributed by atoms with van der Waals surface area (Å²) in [6, 6.07) is 2.13. The van der Waals surface area contributed by atoms with Gasteiger partial charge in [-0.1, -0.05) is 11.8 Å². The first-order valence-corrected chi connectivity index (χ1v) is 6.79. The molecule has 0 atom stereocenters. The minimum atomic E-state index is -0.884. The third-order valence-corrected chi connectivity index (χ3v) is 3.39. The second-order valence-corrected chi connectivity index (χ2v) is 5.24. The summed E-state index contributed by atoms with van der Waals surface area (Å²) >= 11 is 1.13. The van der Waals surface area contributed by atoms with Crippen molar-refractivity contribution >= 4 is 17.7 Å². The van der Waals surface area contributed by atoms with Crippen LogP contribution in [0.25, 0.3) is 5.82 Å². The number of carbonyl (C=O) groups is 1. The first-order valence-electron chi connectivity index (χ1n) is 5.81. The molecule has 0 fully saturated rings. The van der Waals surface area contributed by atoms with Gasteiger partial charge in [0.15, 0.2) is 11.0 Å². The van der Waals surface area contributed by atoms with Crippen molar-refractivity contribution in [2.45, 2.75) is 32.0 Å². The lowest BCUT2D eigenvalue weighted by molar-refractivity contribution is -0.133. The van der Waals surface area contributed by atoms with Crippen molar-refractivity contribution in [2.75, 3.05) is 5.75 Å². The molecule has 2 heterocycles. The summed E-state index contributed by atoms with van der Waals surface area (Å²) in [4.78, 5) is 10.6. The number of nitrogens with zero attached hydrogens (tertiary/aromatic N) is 5. The summed E-state index contributed by atoms with van der Waals surface area (Å²) in [5.41, 5.74) is 0. The van der Waals surface area contributed by atoms with Crippen LogP contribution in [0.5, 0.6) is 0 Å². The molecule has 0 unspecified atom stereocenters. The van der Waals surface area contributed by atoms with Crippen LogP contribution in [0.3, 0.4) is 0 Å². The minimum Gasteiger partial charge on any atom is -0.481 e. The van der Waals surface area contributed by atoms with Crippen LogP contribution in [-0.4, -0.2) is 41.4 Å². The van der Waals surface area contributed by atoms with Crippen molar-refractivity contribution in [3.05, 3.63) is 18.1 Å². The molecule has 7 nitrogen and oxygen atoms in total. The maximum absolute atomic E-state index is 10.6. The molecular weight excluding hydrogens is 266 g/mol. The van der Waals surface area contributed by atoms with Crippen LogP contribution >= 0.6 is 11.8 Å². The Morgan fingerprint density at radius 2 is 2.21 bits per heavy atom. The van der Waals surface area contributed by atoms with Gasteiger partial charge < -0.3 is 5.11 Å². The standard InChI is InChI=1S/C11H15N5O2S/c1-7(2)15-5-4-9(14-15)16-8(3)12-13-11(16)19-6-10(17)18/h4-5,7H,6H2,1-3H3,(H,17,18). The van der Waals surface area contributed by atoms with Crippen LogP contribution in [0.15, 0.2) is 17.4 Å². The summed E-state index contributed by atoms with van der Waals surface area (Å²) in [5, 5.41) is 21.7. The second-order valence-electron chi connectivity index (χ2n) is 4.30. The smallest absolute Gasteiger partial charge is 0.313 e. The fourth-order valence-electron chi connectivity index (χ4n) is 1.56. The zero-order chi connectivity index (χ0) is 14.0. The molecule has 19 heavy (non-hydrogen) atoms. The van der Waals surface area contributed by atoms with Crippen LogP contribution in [0.2, 0.25) is 0 Å². The lowest BCUT2D eigenvalue weighted by Crippen LogP contribution is -2.06. The molecule has 2 rings (SSSR count). The molecule has 0 radical (unpaired) electrons. The first kappa shape index (κ1) is 13.6. The molecule has 0 aliphatic heterocycles. The Kier molecular flexibility index (Phi) is 3.89. The molecule has 0 aliphatic carbocycles. The Hall–Kier alpha value is -1.83. The highest BCUT2D eigenvalue weighted by atomic mass is 32.2. The zero-order valence-corrected chi connectivity index (χ0v) is 11.8. The van der Waals surface area contributed by atoms with Crippen molar-refractivity contribution in [2.24, 2.45) is 0 Å². The Bertz CT molecular complexity index is 590. The average Bonchev–Trinajstić information content (AvgIpc) is 2.92. The largest absolute Gasteiger partial charge is 0.481 e. The van der Waals surface area contributed by atoms with E-state index in [-0.39, 0.29) is 11.8 Å². The molecule has 0 aliphatic rings. The van der Waals surface area contributed by atoms with E-state index in [2.05, 4.69) is 15.3 Å². The van der Waals surface area contributed by atoms with E-state index in [0.29, 0.717) is 16.8 Å². The summed E-state index contributed by atoms with van der Waals surface area (Å²) < 4.78 is 3.59. The van der Waals surface area contributed by atoms with Gasteiger partial charge in [-0.2, -0.15) is 5.10 Å². The highest BCUT2D eigenvalue weighted by molar-refractivity contribution is 7.99. The van der Waals surface area contributed by atoms with Gasteiger partial charge >= 0.3 is 5.97 Å². The number of thioether (sulfide) groups is 1. The van der Waals surface area contributed by atoms with Gasteiger partial charge in [0.2, 0.25) is 0 Å². The number of rotatable bonds is 5. The molecule has 2 aromatic heterocycles. The second kappa shape index (κ2) is 5.43. The van der Waals surface area contributed by atoms with E-state index in [9.17, 15) is 4.79 Å². The van der Waals surface area contributed by atoms with Gasteiger partial charge in [-0.15, -0.1) is 10.2 Å². The van der Waals surface area contributed by atoms with Crippen LogP contribution in [0, 0.1) is 6.92 Å². The van der Waals surface area contributed by atoms with Gasteiger partial charge in [0, 0.05) is 18.3 Å². The molecule has 102 valence electrons. The molecular formula is C11H15N5O2S. The zero-order valence-electron chi connectivity index (χ0n) is 10.9. The molecule has 0 amide bonds. The lowest BCUT2D eigenvalue weighted by atomic mass is 10.4. The van der Waals surface area contributed by atoms with Crippen molar-refractivity contribution in [3.8, 4) is 5.82 Å². The summed E-state index contributed by atoms with van der Waals surface area (Å²) in [7, 11) is 0. The van der Waals surface area contributed by atoms with E-state index in [4.69, 9.17) is 5.11 Å². The number of hydrogen-bond donors (Lipinski definition) is 1. The molecule has 2 aromatic rings. The Labute approximate surface area is 114 Å². The van der Waals surface area contributed by atoms with Gasteiger partial charge in [-0.05, 0) is 20.8 Å². The average molecular weight is 281 g/mol. The van der Waals surface area contributed by atoms with Crippen molar-refractivity contribution < 1.29 is 9.90 Å². The molecule has 0 bridgehead atoms. The third kappa shape index (κ3) is 2.95. The van der Waals surface area contributed by atoms with E-state index in [0.717, 1.165) is 11.8 Å². The van der Waals surface area contributed by atoms with E-state index in [1.807, 2.05) is 37.7 Å². The summed E-state index contributed by atoms with van der Waals surface area (Å²) in [6.45, 7) is 5.89.